The molecule has 1 unspecified atom stereocenters. The number of rotatable bonds is 5. The monoisotopic (exact) mass is 260 g/mol. The van der Waals surface area contributed by atoms with E-state index in [0.29, 0.717) is 18.1 Å². The molecule has 4 heteroatoms. The standard InChI is InChI=1S/C15H16O4/c1-11(19-15-8-4-13(17)5-9-15)10-18-14-6-2-12(16)3-7-14/h2-9,11,16-17H,10H2,1H3. The van der Waals surface area contributed by atoms with Gasteiger partial charge in [0.15, 0.2) is 0 Å². The normalized spacial score (nSPS) is 11.8. The van der Waals surface area contributed by atoms with E-state index in [4.69, 9.17) is 19.7 Å². The lowest BCUT2D eigenvalue weighted by Crippen LogP contribution is -2.20. The van der Waals surface area contributed by atoms with Crippen LogP contribution in [0.1, 0.15) is 6.92 Å². The van der Waals surface area contributed by atoms with Crippen molar-refractivity contribution in [1.82, 2.24) is 0 Å². The van der Waals surface area contributed by atoms with Crippen LogP contribution in [0, 0.1) is 0 Å². The lowest BCUT2D eigenvalue weighted by Gasteiger charge is -2.15. The third-order valence-corrected chi connectivity index (χ3v) is 2.50. The van der Waals surface area contributed by atoms with E-state index in [9.17, 15) is 0 Å². The van der Waals surface area contributed by atoms with Crippen molar-refractivity contribution in [2.75, 3.05) is 6.61 Å². The summed E-state index contributed by atoms with van der Waals surface area (Å²) < 4.78 is 11.2. The molecule has 0 radical (unpaired) electrons. The molecule has 2 N–H and O–H groups in total. The van der Waals surface area contributed by atoms with Crippen LogP contribution in [-0.2, 0) is 0 Å². The summed E-state index contributed by atoms with van der Waals surface area (Å²) >= 11 is 0. The zero-order valence-corrected chi connectivity index (χ0v) is 10.6. The molecular formula is C15H16O4. The highest BCUT2D eigenvalue weighted by molar-refractivity contribution is 5.31. The Hall–Kier alpha value is -2.36. The van der Waals surface area contributed by atoms with E-state index in [0.717, 1.165) is 0 Å². The van der Waals surface area contributed by atoms with Crippen molar-refractivity contribution in [2.24, 2.45) is 0 Å². The first-order valence-electron chi connectivity index (χ1n) is 6.01. The van der Waals surface area contributed by atoms with Crippen molar-refractivity contribution >= 4 is 0 Å². The molecule has 4 nitrogen and oxygen atoms in total. The fourth-order valence-electron chi connectivity index (χ4n) is 1.55. The Bertz CT molecular complexity index is 505. The van der Waals surface area contributed by atoms with Gasteiger partial charge in [0.05, 0.1) is 0 Å². The zero-order valence-electron chi connectivity index (χ0n) is 10.6. The largest absolute Gasteiger partial charge is 0.508 e. The second-order valence-electron chi connectivity index (χ2n) is 4.23. The summed E-state index contributed by atoms with van der Waals surface area (Å²) in [6, 6.07) is 13.1. The number of hydrogen-bond donors (Lipinski definition) is 2. The van der Waals surface area contributed by atoms with Crippen LogP contribution < -0.4 is 9.47 Å². The summed E-state index contributed by atoms with van der Waals surface area (Å²) in [7, 11) is 0. The second-order valence-corrected chi connectivity index (χ2v) is 4.23. The summed E-state index contributed by atoms with van der Waals surface area (Å²) in [4.78, 5) is 0. The van der Waals surface area contributed by atoms with Crippen molar-refractivity contribution in [1.29, 1.82) is 0 Å². The van der Waals surface area contributed by atoms with E-state index in [1.165, 1.54) is 0 Å². The van der Waals surface area contributed by atoms with Crippen LogP contribution in [0.15, 0.2) is 48.5 Å². The number of aromatic hydroxyl groups is 2. The molecule has 19 heavy (non-hydrogen) atoms. The topological polar surface area (TPSA) is 58.9 Å². The van der Waals surface area contributed by atoms with Crippen molar-refractivity contribution in [3.8, 4) is 23.0 Å². The van der Waals surface area contributed by atoms with Crippen LogP contribution in [0.2, 0.25) is 0 Å². The fraction of sp³-hybridized carbons (Fsp3) is 0.200. The maximum absolute atomic E-state index is 9.16. The summed E-state index contributed by atoms with van der Waals surface area (Å²) in [5, 5.41) is 18.3. The van der Waals surface area contributed by atoms with Crippen LogP contribution in [-0.4, -0.2) is 22.9 Å². The Kier molecular flexibility index (Phi) is 4.13. The molecule has 2 rings (SSSR count). The van der Waals surface area contributed by atoms with E-state index >= 15 is 0 Å². The minimum atomic E-state index is -0.127. The van der Waals surface area contributed by atoms with Gasteiger partial charge in [0.1, 0.15) is 35.7 Å². The Morgan fingerprint density at radius 1 is 0.842 bits per heavy atom. The maximum atomic E-state index is 9.16. The number of phenols is 2. The highest BCUT2D eigenvalue weighted by Gasteiger charge is 2.05. The number of hydrogen-bond acceptors (Lipinski definition) is 4. The molecule has 2 aromatic rings. The van der Waals surface area contributed by atoms with E-state index < -0.39 is 0 Å². The minimum Gasteiger partial charge on any atom is -0.508 e. The molecule has 100 valence electrons. The first-order valence-corrected chi connectivity index (χ1v) is 6.01. The van der Waals surface area contributed by atoms with Crippen molar-refractivity contribution in [3.05, 3.63) is 48.5 Å². The molecule has 0 bridgehead atoms. The highest BCUT2D eigenvalue weighted by atomic mass is 16.5. The first-order chi connectivity index (χ1) is 9.13. The van der Waals surface area contributed by atoms with Gasteiger partial charge in [-0.3, -0.25) is 0 Å². The van der Waals surface area contributed by atoms with Crippen molar-refractivity contribution in [3.63, 3.8) is 0 Å². The van der Waals surface area contributed by atoms with Gasteiger partial charge in [-0.05, 0) is 55.5 Å². The van der Waals surface area contributed by atoms with Crippen molar-refractivity contribution < 1.29 is 19.7 Å². The molecule has 0 saturated heterocycles. The van der Waals surface area contributed by atoms with Gasteiger partial charge in [-0.1, -0.05) is 0 Å². The van der Waals surface area contributed by atoms with Crippen LogP contribution >= 0.6 is 0 Å². The highest BCUT2D eigenvalue weighted by Crippen LogP contribution is 2.19. The summed E-state index contributed by atoms with van der Waals surface area (Å²) in [6.07, 6.45) is -0.127. The Balaban J connectivity index is 1.82. The summed E-state index contributed by atoms with van der Waals surface area (Å²) in [6.45, 7) is 2.29. The quantitative estimate of drug-likeness (QED) is 0.867. The molecular weight excluding hydrogens is 244 g/mol. The Morgan fingerprint density at radius 3 is 1.84 bits per heavy atom. The molecule has 1 atom stereocenters. The van der Waals surface area contributed by atoms with Gasteiger partial charge in [0.25, 0.3) is 0 Å². The number of phenolic OH excluding ortho intramolecular Hbond substituents is 2. The van der Waals surface area contributed by atoms with Gasteiger partial charge < -0.3 is 19.7 Å². The molecule has 0 aliphatic heterocycles. The lowest BCUT2D eigenvalue weighted by molar-refractivity contribution is 0.143. The molecule has 0 fully saturated rings. The molecule has 0 aliphatic rings. The maximum Gasteiger partial charge on any atom is 0.130 e. The third-order valence-electron chi connectivity index (χ3n) is 2.50. The Labute approximate surface area is 111 Å². The molecule has 0 amide bonds. The average molecular weight is 260 g/mol. The van der Waals surface area contributed by atoms with E-state index in [-0.39, 0.29) is 17.6 Å². The molecule has 2 aromatic carbocycles. The number of ether oxygens (including phenoxy) is 2. The van der Waals surface area contributed by atoms with Gasteiger partial charge in [-0.25, -0.2) is 0 Å². The Morgan fingerprint density at radius 2 is 1.32 bits per heavy atom. The average Bonchev–Trinajstić information content (AvgIpc) is 2.41. The molecule has 0 aromatic heterocycles. The molecule has 0 heterocycles. The van der Waals surface area contributed by atoms with E-state index in [2.05, 4.69) is 0 Å². The number of benzene rings is 2. The van der Waals surface area contributed by atoms with Crippen molar-refractivity contribution in [2.45, 2.75) is 13.0 Å². The lowest BCUT2D eigenvalue weighted by atomic mass is 10.3. The zero-order chi connectivity index (χ0) is 13.7. The molecule has 0 aliphatic carbocycles. The second kappa shape index (κ2) is 6.00. The van der Waals surface area contributed by atoms with Gasteiger partial charge >= 0.3 is 0 Å². The van der Waals surface area contributed by atoms with Gasteiger partial charge in [0.2, 0.25) is 0 Å². The third kappa shape index (κ3) is 4.10. The van der Waals surface area contributed by atoms with Gasteiger partial charge in [0, 0.05) is 0 Å². The predicted molar refractivity (Wildman–Crippen MR) is 71.8 cm³/mol. The van der Waals surface area contributed by atoms with Gasteiger partial charge in [-0.15, -0.1) is 0 Å². The van der Waals surface area contributed by atoms with Crippen LogP contribution in [0.3, 0.4) is 0 Å². The van der Waals surface area contributed by atoms with Crippen LogP contribution in [0.4, 0.5) is 0 Å². The smallest absolute Gasteiger partial charge is 0.130 e. The minimum absolute atomic E-state index is 0.127. The SMILES string of the molecule is CC(COc1ccc(O)cc1)Oc1ccc(O)cc1. The van der Waals surface area contributed by atoms with E-state index in [1.54, 1.807) is 48.5 Å². The van der Waals surface area contributed by atoms with Gasteiger partial charge in [-0.2, -0.15) is 0 Å². The fourth-order valence-corrected chi connectivity index (χ4v) is 1.55. The summed E-state index contributed by atoms with van der Waals surface area (Å²) in [5.74, 6) is 1.78. The van der Waals surface area contributed by atoms with Crippen LogP contribution in [0.25, 0.3) is 0 Å². The first kappa shape index (κ1) is 13.1. The summed E-state index contributed by atoms with van der Waals surface area (Å²) in [5.41, 5.74) is 0. The predicted octanol–water partition coefficient (Wildman–Crippen LogP) is 2.94. The van der Waals surface area contributed by atoms with Crippen LogP contribution in [0.5, 0.6) is 23.0 Å². The molecule has 0 spiro atoms. The molecule has 0 saturated carbocycles. The van der Waals surface area contributed by atoms with E-state index in [1.807, 2.05) is 6.92 Å².